The minimum absolute atomic E-state index is 1.11. The van der Waals surface area contributed by atoms with Gasteiger partial charge >= 0.3 is 0 Å². The van der Waals surface area contributed by atoms with Crippen molar-refractivity contribution in [1.29, 1.82) is 0 Å². The van der Waals surface area contributed by atoms with Gasteiger partial charge in [-0.1, -0.05) is 60.7 Å². The highest BCUT2D eigenvalue weighted by Crippen LogP contribution is 2.26. The molecule has 0 spiro atoms. The Morgan fingerprint density at radius 3 is 1.25 bits per heavy atom. The summed E-state index contributed by atoms with van der Waals surface area (Å²) in [5.41, 5.74) is 2.55. The molecule has 1 nitrogen and oxygen atoms in total. The third-order valence-corrected chi connectivity index (χ3v) is 4.44. The maximum atomic E-state index is 2.58. The second-order valence-corrected chi connectivity index (χ2v) is 5.81. The third kappa shape index (κ3) is 3.49. The number of nitrogens with zero attached hydrogens (tertiary/aromatic N) is 1. The van der Waals surface area contributed by atoms with Crippen LogP contribution in [-0.4, -0.2) is 24.5 Å². The average Bonchev–Trinajstić information content (AvgIpc) is 2.59. The summed E-state index contributed by atoms with van der Waals surface area (Å²) in [6, 6.07) is 20.8. The van der Waals surface area contributed by atoms with Crippen molar-refractivity contribution in [3.05, 3.63) is 60.7 Å². The highest BCUT2D eigenvalue weighted by molar-refractivity contribution is 5.62. The predicted octanol–water partition coefficient (Wildman–Crippen LogP) is 4.46. The van der Waals surface area contributed by atoms with Crippen LogP contribution in [-0.2, 0) is 0 Å². The van der Waals surface area contributed by atoms with Crippen LogP contribution in [0.5, 0.6) is 0 Å². The first-order chi connectivity index (χ1) is 9.92. The molecule has 5 rings (SSSR count). The summed E-state index contributed by atoms with van der Waals surface area (Å²) in [5, 5.41) is 0. The topological polar surface area (TPSA) is 3.24 Å². The van der Waals surface area contributed by atoms with Gasteiger partial charge in [-0.25, -0.2) is 0 Å². The van der Waals surface area contributed by atoms with Gasteiger partial charge in [0, 0.05) is 0 Å². The smallest absolute Gasteiger partial charge is 0.00161 e. The lowest BCUT2D eigenvalue weighted by atomic mass is 9.89. The summed E-state index contributed by atoms with van der Waals surface area (Å²) in [5.74, 6) is 1.11. The molecule has 2 bridgehead atoms. The molecule has 0 radical (unpaired) electrons. The van der Waals surface area contributed by atoms with Crippen LogP contribution in [0, 0.1) is 5.92 Å². The SMILES string of the molecule is C1CN2CCC1CC2.c1ccc(-c2ccccc2)cc1. The van der Waals surface area contributed by atoms with E-state index in [9.17, 15) is 0 Å². The van der Waals surface area contributed by atoms with Crippen LogP contribution >= 0.6 is 0 Å². The van der Waals surface area contributed by atoms with E-state index in [1.165, 1.54) is 50.0 Å². The van der Waals surface area contributed by atoms with Crippen LogP contribution in [0.4, 0.5) is 0 Å². The highest BCUT2D eigenvalue weighted by Gasteiger charge is 2.24. The van der Waals surface area contributed by atoms with E-state index in [1.807, 2.05) is 12.1 Å². The molecule has 0 saturated carbocycles. The molecule has 0 unspecified atom stereocenters. The monoisotopic (exact) mass is 265 g/mol. The van der Waals surface area contributed by atoms with Crippen LogP contribution in [0.1, 0.15) is 19.3 Å². The number of hydrogen-bond acceptors (Lipinski definition) is 1. The minimum atomic E-state index is 1.11. The van der Waals surface area contributed by atoms with Crippen LogP contribution in [0.3, 0.4) is 0 Å². The molecule has 3 aliphatic rings. The lowest BCUT2D eigenvalue weighted by Crippen LogP contribution is -2.41. The molecule has 0 aromatic heterocycles. The molecule has 3 aliphatic heterocycles. The lowest BCUT2D eigenvalue weighted by Gasteiger charge is -2.38. The molecule has 0 amide bonds. The van der Waals surface area contributed by atoms with E-state index in [2.05, 4.69) is 53.4 Å². The van der Waals surface area contributed by atoms with Crippen molar-refractivity contribution in [2.24, 2.45) is 5.92 Å². The summed E-state index contributed by atoms with van der Waals surface area (Å²) in [7, 11) is 0. The van der Waals surface area contributed by atoms with E-state index < -0.39 is 0 Å². The van der Waals surface area contributed by atoms with Gasteiger partial charge in [0.25, 0.3) is 0 Å². The number of rotatable bonds is 1. The fourth-order valence-corrected chi connectivity index (χ4v) is 3.13. The quantitative estimate of drug-likeness (QED) is 0.736. The van der Waals surface area contributed by atoms with E-state index in [4.69, 9.17) is 0 Å². The molecular formula is C19H23N. The van der Waals surface area contributed by atoms with Crippen LogP contribution < -0.4 is 0 Å². The van der Waals surface area contributed by atoms with Crippen molar-refractivity contribution in [2.75, 3.05) is 19.6 Å². The van der Waals surface area contributed by atoms with Gasteiger partial charge in [-0.3, -0.25) is 0 Å². The average molecular weight is 265 g/mol. The molecule has 3 fully saturated rings. The van der Waals surface area contributed by atoms with E-state index in [-0.39, 0.29) is 0 Å². The normalized spacial score (nSPS) is 23.8. The summed E-state index contributed by atoms with van der Waals surface area (Å²) in [6.07, 6.45) is 4.46. The first-order valence-corrected chi connectivity index (χ1v) is 7.74. The van der Waals surface area contributed by atoms with Gasteiger partial charge in [-0.05, 0) is 55.9 Å². The standard InChI is InChI=1S/C12H10.C7H13N/c1-3-7-11(8-4-1)12-9-5-2-6-10-12;1-4-8-5-2-7(1)3-6-8/h1-10H;7H,1-6H2. The van der Waals surface area contributed by atoms with E-state index >= 15 is 0 Å². The Balaban J connectivity index is 0.000000131. The predicted molar refractivity (Wildman–Crippen MR) is 85.7 cm³/mol. The van der Waals surface area contributed by atoms with Crippen molar-refractivity contribution >= 4 is 0 Å². The maximum absolute atomic E-state index is 2.58. The zero-order valence-corrected chi connectivity index (χ0v) is 12.0. The zero-order valence-electron chi connectivity index (χ0n) is 12.0. The maximum Gasteiger partial charge on any atom is -0.00161 e. The van der Waals surface area contributed by atoms with Gasteiger partial charge in [0.2, 0.25) is 0 Å². The second kappa shape index (κ2) is 6.71. The van der Waals surface area contributed by atoms with Crippen molar-refractivity contribution in [1.82, 2.24) is 4.90 Å². The molecule has 1 heteroatoms. The minimum Gasteiger partial charge on any atom is -0.303 e. The molecular weight excluding hydrogens is 242 g/mol. The van der Waals surface area contributed by atoms with Crippen molar-refractivity contribution < 1.29 is 0 Å². The van der Waals surface area contributed by atoms with Crippen molar-refractivity contribution in [2.45, 2.75) is 19.3 Å². The third-order valence-electron chi connectivity index (χ3n) is 4.44. The van der Waals surface area contributed by atoms with E-state index in [0.29, 0.717) is 0 Å². The number of piperidine rings is 3. The van der Waals surface area contributed by atoms with Gasteiger partial charge in [-0.2, -0.15) is 0 Å². The molecule has 3 saturated heterocycles. The lowest BCUT2D eigenvalue weighted by molar-refractivity contribution is 0.111. The first-order valence-electron chi connectivity index (χ1n) is 7.74. The van der Waals surface area contributed by atoms with Crippen molar-refractivity contribution in [3.8, 4) is 11.1 Å². The Hall–Kier alpha value is -1.60. The Kier molecular flexibility index (Phi) is 4.49. The fraction of sp³-hybridized carbons (Fsp3) is 0.368. The Morgan fingerprint density at radius 1 is 0.600 bits per heavy atom. The van der Waals surface area contributed by atoms with Crippen molar-refractivity contribution in [3.63, 3.8) is 0 Å². The molecule has 2 aromatic carbocycles. The van der Waals surface area contributed by atoms with Gasteiger partial charge in [-0.15, -0.1) is 0 Å². The summed E-state index contributed by atoms with van der Waals surface area (Å²) in [6.45, 7) is 4.18. The Bertz CT molecular complexity index is 437. The molecule has 20 heavy (non-hydrogen) atoms. The van der Waals surface area contributed by atoms with E-state index in [0.717, 1.165) is 5.92 Å². The molecule has 0 aliphatic carbocycles. The fourth-order valence-electron chi connectivity index (χ4n) is 3.13. The second-order valence-electron chi connectivity index (χ2n) is 5.81. The molecule has 0 atom stereocenters. The number of hydrogen-bond donors (Lipinski definition) is 0. The van der Waals surface area contributed by atoms with Gasteiger partial charge in [0.15, 0.2) is 0 Å². The van der Waals surface area contributed by atoms with Crippen LogP contribution in [0.25, 0.3) is 11.1 Å². The Labute approximate surface area is 122 Å². The molecule has 2 aromatic rings. The zero-order chi connectivity index (χ0) is 13.6. The summed E-state index contributed by atoms with van der Waals surface area (Å²) in [4.78, 5) is 2.58. The van der Waals surface area contributed by atoms with Gasteiger partial charge in [0.05, 0.1) is 0 Å². The van der Waals surface area contributed by atoms with Crippen LogP contribution in [0.15, 0.2) is 60.7 Å². The Morgan fingerprint density at radius 2 is 1.00 bits per heavy atom. The summed E-state index contributed by atoms with van der Waals surface area (Å²) >= 11 is 0. The van der Waals surface area contributed by atoms with Gasteiger partial charge in [0.1, 0.15) is 0 Å². The molecule has 3 heterocycles. The molecule has 104 valence electrons. The summed E-state index contributed by atoms with van der Waals surface area (Å²) < 4.78 is 0. The first kappa shape index (κ1) is 13.4. The number of benzene rings is 2. The highest BCUT2D eigenvalue weighted by atomic mass is 15.1. The molecule has 0 N–H and O–H groups in total. The van der Waals surface area contributed by atoms with Crippen LogP contribution in [0.2, 0.25) is 0 Å². The van der Waals surface area contributed by atoms with Gasteiger partial charge < -0.3 is 4.90 Å². The largest absolute Gasteiger partial charge is 0.303 e. The number of fused-ring (bicyclic) bond motifs is 3. The van der Waals surface area contributed by atoms with E-state index in [1.54, 1.807) is 0 Å².